The fourth-order valence-corrected chi connectivity index (χ4v) is 2.96. The Balaban J connectivity index is 2.13. The first kappa shape index (κ1) is 16.8. The Morgan fingerprint density at radius 1 is 1.41 bits per heavy atom. The summed E-state index contributed by atoms with van der Waals surface area (Å²) >= 11 is 6.13. The van der Waals surface area contributed by atoms with E-state index in [2.05, 4.69) is 6.92 Å². The van der Waals surface area contributed by atoms with Gasteiger partial charge in [0, 0.05) is 30.7 Å². The predicted molar refractivity (Wildman–Crippen MR) is 89.2 cm³/mol. The molecule has 1 fully saturated rings. The molecule has 2 amide bonds. The zero-order valence-electron chi connectivity index (χ0n) is 13.4. The molecule has 0 radical (unpaired) electrons. The summed E-state index contributed by atoms with van der Waals surface area (Å²) in [6, 6.07) is 5.43. The molecule has 1 unspecified atom stereocenters. The second-order valence-corrected chi connectivity index (χ2v) is 6.53. The number of anilines is 1. The maximum Gasteiger partial charge on any atom is 0.242 e. The molecule has 0 aliphatic carbocycles. The van der Waals surface area contributed by atoms with Crippen molar-refractivity contribution in [2.24, 2.45) is 5.92 Å². The van der Waals surface area contributed by atoms with E-state index < -0.39 is 0 Å². The van der Waals surface area contributed by atoms with Crippen molar-refractivity contribution in [2.75, 3.05) is 24.5 Å². The Morgan fingerprint density at radius 2 is 2.14 bits per heavy atom. The van der Waals surface area contributed by atoms with E-state index in [4.69, 9.17) is 11.6 Å². The zero-order valence-corrected chi connectivity index (χ0v) is 14.2. The van der Waals surface area contributed by atoms with Crippen LogP contribution in [0.15, 0.2) is 18.2 Å². The van der Waals surface area contributed by atoms with Crippen molar-refractivity contribution in [1.29, 1.82) is 0 Å². The summed E-state index contributed by atoms with van der Waals surface area (Å²) < 4.78 is 0. The van der Waals surface area contributed by atoms with Gasteiger partial charge < -0.3 is 9.80 Å². The lowest BCUT2D eigenvalue weighted by Gasteiger charge is -2.32. The molecule has 5 heteroatoms. The monoisotopic (exact) mass is 322 g/mol. The molecule has 0 spiro atoms. The Kier molecular flexibility index (Phi) is 5.46. The van der Waals surface area contributed by atoms with Gasteiger partial charge in [0.1, 0.15) is 6.54 Å². The summed E-state index contributed by atoms with van der Waals surface area (Å²) in [5.74, 6) is 0.370. The van der Waals surface area contributed by atoms with Crippen LogP contribution in [0.3, 0.4) is 0 Å². The minimum atomic E-state index is -0.154. The first-order valence-electron chi connectivity index (χ1n) is 7.70. The number of hydrogen-bond donors (Lipinski definition) is 0. The third kappa shape index (κ3) is 4.01. The SMILES string of the molecule is CC(=O)N(CC(=O)N1CCCC(C)C1)c1ccc(C)c(Cl)c1. The van der Waals surface area contributed by atoms with Crippen molar-refractivity contribution >= 4 is 29.1 Å². The minimum absolute atomic E-state index is 0.00144. The lowest BCUT2D eigenvalue weighted by molar-refractivity contribution is -0.132. The van der Waals surface area contributed by atoms with Crippen LogP contribution in [0.5, 0.6) is 0 Å². The van der Waals surface area contributed by atoms with Gasteiger partial charge in [0.05, 0.1) is 0 Å². The van der Waals surface area contributed by atoms with Gasteiger partial charge in [-0.05, 0) is 43.4 Å². The van der Waals surface area contributed by atoms with Crippen molar-refractivity contribution in [3.05, 3.63) is 28.8 Å². The third-order valence-electron chi connectivity index (χ3n) is 4.15. The van der Waals surface area contributed by atoms with Gasteiger partial charge in [0.15, 0.2) is 0 Å². The summed E-state index contributed by atoms with van der Waals surface area (Å²) in [6.45, 7) is 7.16. The van der Waals surface area contributed by atoms with Gasteiger partial charge in [-0.3, -0.25) is 9.59 Å². The van der Waals surface area contributed by atoms with Gasteiger partial charge in [-0.25, -0.2) is 0 Å². The fraction of sp³-hybridized carbons (Fsp3) is 0.529. The van der Waals surface area contributed by atoms with E-state index in [1.165, 1.54) is 11.8 Å². The van der Waals surface area contributed by atoms with E-state index in [0.717, 1.165) is 31.5 Å². The molecule has 1 heterocycles. The number of amides is 2. The van der Waals surface area contributed by atoms with E-state index in [1.807, 2.05) is 24.0 Å². The lowest BCUT2D eigenvalue weighted by atomic mass is 10.0. The number of piperidine rings is 1. The highest BCUT2D eigenvalue weighted by molar-refractivity contribution is 6.31. The molecule has 4 nitrogen and oxygen atoms in total. The highest BCUT2D eigenvalue weighted by Gasteiger charge is 2.24. The average Bonchev–Trinajstić information content (AvgIpc) is 2.47. The average molecular weight is 323 g/mol. The molecule has 1 aromatic rings. The van der Waals surface area contributed by atoms with E-state index >= 15 is 0 Å². The van der Waals surface area contributed by atoms with Crippen LogP contribution in [-0.4, -0.2) is 36.3 Å². The molecule has 2 rings (SSSR count). The molecule has 22 heavy (non-hydrogen) atoms. The van der Waals surface area contributed by atoms with E-state index in [1.54, 1.807) is 6.07 Å². The van der Waals surface area contributed by atoms with Gasteiger partial charge in [-0.1, -0.05) is 24.6 Å². The van der Waals surface area contributed by atoms with Crippen LogP contribution < -0.4 is 4.90 Å². The van der Waals surface area contributed by atoms with Crippen molar-refractivity contribution in [1.82, 2.24) is 4.90 Å². The third-order valence-corrected chi connectivity index (χ3v) is 4.56. The maximum absolute atomic E-state index is 12.5. The van der Waals surface area contributed by atoms with Crippen molar-refractivity contribution in [3.63, 3.8) is 0 Å². The second kappa shape index (κ2) is 7.14. The second-order valence-electron chi connectivity index (χ2n) is 6.13. The van der Waals surface area contributed by atoms with Crippen LogP contribution in [0.1, 0.15) is 32.3 Å². The fourth-order valence-electron chi connectivity index (χ4n) is 2.79. The molecule has 1 saturated heterocycles. The number of nitrogens with zero attached hydrogens (tertiary/aromatic N) is 2. The highest BCUT2D eigenvalue weighted by atomic mass is 35.5. The van der Waals surface area contributed by atoms with Crippen molar-refractivity contribution < 1.29 is 9.59 Å². The van der Waals surface area contributed by atoms with Crippen LogP contribution >= 0.6 is 11.6 Å². The summed E-state index contributed by atoms with van der Waals surface area (Å²) in [6.07, 6.45) is 2.19. The van der Waals surface area contributed by atoms with Crippen LogP contribution in [0.4, 0.5) is 5.69 Å². The van der Waals surface area contributed by atoms with E-state index in [0.29, 0.717) is 16.6 Å². The van der Waals surface area contributed by atoms with E-state index in [-0.39, 0.29) is 18.4 Å². The molecule has 0 N–H and O–H groups in total. The molecule has 0 aromatic heterocycles. The molecule has 0 saturated carbocycles. The number of benzene rings is 1. The molecular weight excluding hydrogens is 300 g/mol. The van der Waals surface area contributed by atoms with Gasteiger partial charge in [-0.2, -0.15) is 0 Å². The summed E-state index contributed by atoms with van der Waals surface area (Å²) in [7, 11) is 0. The van der Waals surface area contributed by atoms with E-state index in [9.17, 15) is 9.59 Å². The standard InChI is InChI=1S/C17H23ClN2O2/c1-12-5-4-8-19(10-12)17(22)11-20(14(3)21)15-7-6-13(2)16(18)9-15/h6-7,9,12H,4-5,8,10-11H2,1-3H3. The van der Waals surface area contributed by atoms with Gasteiger partial charge in [0.2, 0.25) is 11.8 Å². The largest absolute Gasteiger partial charge is 0.341 e. The zero-order chi connectivity index (χ0) is 16.3. The first-order chi connectivity index (χ1) is 10.4. The quantitative estimate of drug-likeness (QED) is 0.857. The number of carbonyl (C=O) groups excluding carboxylic acids is 2. The smallest absolute Gasteiger partial charge is 0.242 e. The Hall–Kier alpha value is -1.55. The molecule has 1 aliphatic rings. The maximum atomic E-state index is 12.5. The first-order valence-corrected chi connectivity index (χ1v) is 8.08. The van der Waals surface area contributed by atoms with Crippen molar-refractivity contribution in [3.8, 4) is 0 Å². The normalized spacial score (nSPS) is 18.2. The topological polar surface area (TPSA) is 40.6 Å². The van der Waals surface area contributed by atoms with Crippen LogP contribution in [-0.2, 0) is 9.59 Å². The Labute approximate surface area is 137 Å². The number of likely N-dealkylation sites (tertiary alicyclic amines) is 1. The molecular formula is C17H23ClN2O2. The summed E-state index contributed by atoms with van der Waals surface area (Å²) in [4.78, 5) is 27.8. The number of rotatable bonds is 3. The molecule has 0 bridgehead atoms. The number of aryl methyl sites for hydroxylation is 1. The number of carbonyl (C=O) groups is 2. The summed E-state index contributed by atoms with van der Waals surface area (Å²) in [5, 5.41) is 0.600. The predicted octanol–water partition coefficient (Wildman–Crippen LogP) is 3.26. The van der Waals surface area contributed by atoms with Crippen LogP contribution in [0.2, 0.25) is 5.02 Å². The lowest BCUT2D eigenvalue weighted by Crippen LogP contribution is -2.46. The van der Waals surface area contributed by atoms with Crippen molar-refractivity contribution in [2.45, 2.75) is 33.6 Å². The van der Waals surface area contributed by atoms with Gasteiger partial charge in [0.25, 0.3) is 0 Å². The highest BCUT2D eigenvalue weighted by Crippen LogP contribution is 2.24. The summed E-state index contributed by atoms with van der Waals surface area (Å²) in [5.41, 5.74) is 1.62. The minimum Gasteiger partial charge on any atom is -0.341 e. The molecule has 1 aromatic carbocycles. The molecule has 120 valence electrons. The number of hydrogen-bond acceptors (Lipinski definition) is 2. The number of halogens is 1. The van der Waals surface area contributed by atoms with Crippen LogP contribution in [0.25, 0.3) is 0 Å². The Morgan fingerprint density at radius 3 is 2.73 bits per heavy atom. The Bertz CT molecular complexity index is 574. The van der Waals surface area contributed by atoms with Gasteiger partial charge >= 0.3 is 0 Å². The molecule has 1 atom stereocenters. The molecule has 1 aliphatic heterocycles. The van der Waals surface area contributed by atoms with Gasteiger partial charge in [-0.15, -0.1) is 0 Å². The van der Waals surface area contributed by atoms with Crippen LogP contribution in [0, 0.1) is 12.8 Å².